The second kappa shape index (κ2) is 15.9. The number of nitrogens with zero attached hydrogens (tertiary/aromatic N) is 4. The van der Waals surface area contributed by atoms with Crippen molar-refractivity contribution in [3.05, 3.63) is 48.3 Å². The maximum atomic E-state index is 13.7. The number of hydrogen-bond donors (Lipinski definition) is 2. The van der Waals surface area contributed by atoms with Gasteiger partial charge in [0.25, 0.3) is 0 Å². The van der Waals surface area contributed by atoms with Crippen molar-refractivity contribution in [2.45, 2.75) is 70.6 Å². The zero-order chi connectivity index (χ0) is 29.8. The number of amides is 5. The Morgan fingerprint density at radius 3 is 2.54 bits per heavy atom. The SMILES string of the molecule is C=CCOC(=O)NCCC[C@H]1C(=O)N(CCCCCCC)C[C@H]2N1C(=O)CN(C)N2C(=O)NCc1ccc(F)cc1. The Hall–Kier alpha value is -3.67. The molecule has 2 heterocycles. The van der Waals surface area contributed by atoms with Crippen molar-refractivity contribution in [2.75, 3.05) is 39.8 Å². The molecular formula is C29H43FN6O5. The third-order valence-electron chi connectivity index (χ3n) is 7.29. The number of halogens is 1. The average molecular weight is 575 g/mol. The fourth-order valence-electron chi connectivity index (χ4n) is 5.22. The Kier molecular flexibility index (Phi) is 12.4. The van der Waals surface area contributed by atoms with Crippen molar-refractivity contribution in [2.24, 2.45) is 0 Å². The number of unbranched alkanes of at least 4 members (excludes halogenated alkanes) is 4. The third kappa shape index (κ3) is 8.91. The van der Waals surface area contributed by atoms with E-state index in [1.165, 1.54) is 28.1 Å². The summed E-state index contributed by atoms with van der Waals surface area (Å²) < 4.78 is 18.2. The number of likely N-dealkylation sites (N-methyl/N-ethyl adjacent to an activating group) is 1. The van der Waals surface area contributed by atoms with Crippen LogP contribution in [0, 0.1) is 5.82 Å². The van der Waals surface area contributed by atoms with Crippen molar-refractivity contribution in [3.8, 4) is 0 Å². The van der Waals surface area contributed by atoms with Crippen LogP contribution in [0.5, 0.6) is 0 Å². The summed E-state index contributed by atoms with van der Waals surface area (Å²) in [6.07, 6.45) is 6.14. The predicted octanol–water partition coefficient (Wildman–Crippen LogP) is 3.23. The van der Waals surface area contributed by atoms with Gasteiger partial charge in [-0.05, 0) is 37.0 Å². The molecule has 0 unspecified atom stereocenters. The number of fused-ring (bicyclic) bond motifs is 1. The summed E-state index contributed by atoms with van der Waals surface area (Å²) in [6, 6.07) is 4.69. The lowest BCUT2D eigenvalue weighted by molar-refractivity contribution is -0.187. The van der Waals surface area contributed by atoms with E-state index in [-0.39, 0.29) is 50.4 Å². The summed E-state index contributed by atoms with van der Waals surface area (Å²) in [7, 11) is 1.67. The number of carbonyl (C=O) groups excluding carboxylic acids is 4. The van der Waals surface area contributed by atoms with Gasteiger partial charge in [0, 0.05) is 26.7 Å². The zero-order valence-corrected chi connectivity index (χ0v) is 24.1. The van der Waals surface area contributed by atoms with Gasteiger partial charge in [0.1, 0.15) is 24.6 Å². The van der Waals surface area contributed by atoms with Gasteiger partial charge >= 0.3 is 12.1 Å². The maximum absolute atomic E-state index is 13.7. The van der Waals surface area contributed by atoms with Gasteiger partial charge in [0.2, 0.25) is 11.8 Å². The molecule has 12 heteroatoms. The van der Waals surface area contributed by atoms with Crippen molar-refractivity contribution >= 4 is 23.9 Å². The zero-order valence-electron chi connectivity index (χ0n) is 24.1. The standard InChI is InChI=1S/C29H43FN6O5/c1-4-6-7-8-9-17-34-20-25-35(24(27(34)38)11-10-16-31-29(40)41-18-5-2)26(37)21-33(3)36(25)28(39)32-19-22-12-14-23(30)15-13-22/h5,12-15,24-25H,2,4,6-11,16-21H2,1,3H3,(H,31,40)(H,32,39)/t24-,25-/m0/s1. The van der Waals surface area contributed by atoms with Crippen molar-refractivity contribution in [3.63, 3.8) is 0 Å². The molecule has 2 N–H and O–H groups in total. The number of rotatable bonds is 14. The Labute approximate surface area is 241 Å². The number of piperazine rings is 1. The highest BCUT2D eigenvalue weighted by atomic mass is 19.1. The van der Waals surface area contributed by atoms with Crippen LogP contribution in [-0.4, -0.2) is 95.8 Å². The van der Waals surface area contributed by atoms with E-state index in [0.29, 0.717) is 19.4 Å². The number of hydrazine groups is 1. The topological polar surface area (TPSA) is 115 Å². The summed E-state index contributed by atoms with van der Waals surface area (Å²) in [5, 5.41) is 8.59. The minimum Gasteiger partial charge on any atom is -0.445 e. The lowest BCUT2D eigenvalue weighted by atomic mass is 10.0. The van der Waals surface area contributed by atoms with E-state index < -0.39 is 24.3 Å². The van der Waals surface area contributed by atoms with Crippen LogP contribution in [0.4, 0.5) is 14.0 Å². The molecule has 0 radical (unpaired) electrons. The molecule has 0 spiro atoms. The van der Waals surface area contributed by atoms with Crippen molar-refractivity contribution in [1.82, 2.24) is 30.5 Å². The second-order valence-electron chi connectivity index (χ2n) is 10.4. The number of nitrogens with one attached hydrogen (secondary N) is 2. The second-order valence-corrected chi connectivity index (χ2v) is 10.4. The minimum absolute atomic E-state index is 0.0621. The number of urea groups is 1. The van der Waals surface area contributed by atoms with Crippen LogP contribution < -0.4 is 10.6 Å². The molecule has 2 saturated heterocycles. The quantitative estimate of drug-likeness (QED) is 0.261. The third-order valence-corrected chi connectivity index (χ3v) is 7.29. The summed E-state index contributed by atoms with van der Waals surface area (Å²) in [6.45, 7) is 6.88. The van der Waals surface area contributed by atoms with Crippen LogP contribution in [0.1, 0.15) is 57.4 Å². The van der Waals surface area contributed by atoms with Crippen LogP contribution in [0.15, 0.2) is 36.9 Å². The molecule has 1 aromatic rings. The monoisotopic (exact) mass is 574 g/mol. The lowest BCUT2D eigenvalue weighted by Crippen LogP contribution is -2.76. The van der Waals surface area contributed by atoms with Gasteiger partial charge in [0.15, 0.2) is 0 Å². The molecule has 0 aromatic heterocycles. The molecule has 41 heavy (non-hydrogen) atoms. The Balaban J connectivity index is 1.74. The van der Waals surface area contributed by atoms with E-state index in [9.17, 15) is 23.6 Å². The summed E-state index contributed by atoms with van der Waals surface area (Å²) in [5.41, 5.74) is 0.733. The van der Waals surface area contributed by atoms with E-state index >= 15 is 0 Å². The fourth-order valence-corrected chi connectivity index (χ4v) is 5.22. The first-order valence-corrected chi connectivity index (χ1v) is 14.4. The van der Waals surface area contributed by atoms with Crippen LogP contribution in [-0.2, 0) is 20.9 Å². The average Bonchev–Trinajstić information content (AvgIpc) is 2.95. The Morgan fingerprint density at radius 2 is 1.83 bits per heavy atom. The van der Waals surface area contributed by atoms with Crippen LogP contribution in [0.25, 0.3) is 0 Å². The first-order valence-electron chi connectivity index (χ1n) is 14.4. The molecule has 2 aliphatic heterocycles. The van der Waals surface area contributed by atoms with Crippen molar-refractivity contribution in [1.29, 1.82) is 0 Å². The highest BCUT2D eigenvalue weighted by Crippen LogP contribution is 2.28. The van der Waals surface area contributed by atoms with E-state index in [4.69, 9.17) is 4.74 Å². The van der Waals surface area contributed by atoms with E-state index in [1.807, 2.05) is 0 Å². The molecule has 5 amide bonds. The van der Waals surface area contributed by atoms with E-state index in [1.54, 1.807) is 29.1 Å². The molecule has 0 bridgehead atoms. The molecule has 0 saturated carbocycles. The summed E-state index contributed by atoms with van der Waals surface area (Å²) >= 11 is 0. The van der Waals surface area contributed by atoms with Crippen molar-refractivity contribution < 1.29 is 28.3 Å². The molecule has 2 aliphatic rings. The molecule has 2 fully saturated rings. The lowest BCUT2D eigenvalue weighted by Gasteiger charge is -2.54. The summed E-state index contributed by atoms with van der Waals surface area (Å²) in [5.74, 6) is -0.739. The number of alkyl carbamates (subject to hydrolysis) is 1. The van der Waals surface area contributed by atoms with Gasteiger partial charge in [-0.2, -0.15) is 0 Å². The van der Waals surface area contributed by atoms with Crippen LogP contribution >= 0.6 is 0 Å². The highest BCUT2D eigenvalue weighted by Gasteiger charge is 2.50. The van der Waals surface area contributed by atoms with E-state index in [0.717, 1.165) is 37.7 Å². The minimum atomic E-state index is -0.760. The first-order chi connectivity index (χ1) is 19.8. The van der Waals surface area contributed by atoms with Gasteiger partial charge in [-0.3, -0.25) is 9.59 Å². The number of ether oxygens (including phenoxy) is 1. The molecule has 1 aromatic carbocycles. The predicted molar refractivity (Wildman–Crippen MR) is 152 cm³/mol. The van der Waals surface area contributed by atoms with Crippen LogP contribution in [0.2, 0.25) is 0 Å². The number of hydrogen-bond acceptors (Lipinski definition) is 6. The number of benzene rings is 1. The fraction of sp³-hybridized carbons (Fsp3) is 0.586. The Morgan fingerprint density at radius 1 is 1.10 bits per heavy atom. The van der Waals surface area contributed by atoms with Gasteiger partial charge in [-0.1, -0.05) is 57.4 Å². The Bertz CT molecular complexity index is 1050. The number of carbonyl (C=O) groups is 4. The largest absolute Gasteiger partial charge is 0.445 e. The van der Waals surface area contributed by atoms with Crippen LogP contribution in [0.3, 0.4) is 0 Å². The maximum Gasteiger partial charge on any atom is 0.407 e. The smallest absolute Gasteiger partial charge is 0.407 e. The van der Waals surface area contributed by atoms with Gasteiger partial charge in [-0.25, -0.2) is 24.0 Å². The molecule has 0 aliphatic carbocycles. The molecular weight excluding hydrogens is 531 g/mol. The first kappa shape index (κ1) is 31.9. The van der Waals surface area contributed by atoms with Gasteiger partial charge in [-0.15, -0.1) is 0 Å². The molecule has 2 atom stereocenters. The molecule has 226 valence electrons. The van der Waals surface area contributed by atoms with E-state index in [2.05, 4.69) is 24.1 Å². The van der Waals surface area contributed by atoms with Gasteiger partial charge in [0.05, 0.1) is 13.1 Å². The summed E-state index contributed by atoms with van der Waals surface area (Å²) in [4.78, 5) is 55.5. The molecule has 3 rings (SSSR count). The normalized spacial score (nSPS) is 19.1. The molecule has 11 nitrogen and oxygen atoms in total. The highest BCUT2D eigenvalue weighted by molar-refractivity contribution is 5.91. The van der Waals surface area contributed by atoms with Gasteiger partial charge < -0.3 is 25.2 Å².